The maximum absolute atomic E-state index is 12.9. The van der Waals surface area contributed by atoms with E-state index in [0.717, 1.165) is 18.7 Å². The van der Waals surface area contributed by atoms with Crippen LogP contribution in [0.4, 0.5) is 20.6 Å². The molecule has 1 aliphatic rings. The summed E-state index contributed by atoms with van der Waals surface area (Å²) in [4.78, 5) is 16.4. The van der Waals surface area contributed by atoms with Crippen LogP contribution in [0.25, 0.3) is 0 Å². The molecule has 0 saturated carbocycles. The molecule has 1 aliphatic heterocycles. The average Bonchev–Trinajstić information content (AvgIpc) is 3.11. The second kappa shape index (κ2) is 7.34. The number of nitrogens with one attached hydrogen (secondary N) is 1. The summed E-state index contributed by atoms with van der Waals surface area (Å²) in [5.74, 6) is -0.319. The molecule has 2 aromatic carbocycles. The van der Waals surface area contributed by atoms with Crippen LogP contribution in [-0.4, -0.2) is 31.1 Å². The molecule has 1 heterocycles. The van der Waals surface area contributed by atoms with Gasteiger partial charge in [-0.2, -0.15) is 0 Å². The SMILES string of the molecule is CN(Cc1ccccc1N1CCCC1)C(=O)Nc1ccc(F)cc1. The van der Waals surface area contributed by atoms with Gasteiger partial charge in [-0.15, -0.1) is 0 Å². The number of urea groups is 1. The largest absolute Gasteiger partial charge is 0.371 e. The first-order valence-electron chi connectivity index (χ1n) is 8.24. The van der Waals surface area contributed by atoms with Gasteiger partial charge in [-0.05, 0) is 48.7 Å². The molecule has 5 heteroatoms. The van der Waals surface area contributed by atoms with Crippen molar-refractivity contribution < 1.29 is 9.18 Å². The Morgan fingerprint density at radius 1 is 1.12 bits per heavy atom. The number of hydrogen-bond donors (Lipinski definition) is 1. The van der Waals surface area contributed by atoms with Gasteiger partial charge in [0.1, 0.15) is 5.82 Å². The zero-order chi connectivity index (χ0) is 16.9. The first-order valence-corrected chi connectivity index (χ1v) is 8.24. The van der Waals surface area contributed by atoms with Crippen LogP contribution in [0.2, 0.25) is 0 Å². The van der Waals surface area contributed by atoms with Crippen molar-refractivity contribution in [3.8, 4) is 0 Å². The molecule has 1 N–H and O–H groups in total. The van der Waals surface area contributed by atoms with E-state index in [1.165, 1.54) is 30.7 Å². The number of benzene rings is 2. The number of para-hydroxylation sites is 1. The van der Waals surface area contributed by atoms with E-state index in [1.807, 2.05) is 12.1 Å². The van der Waals surface area contributed by atoms with Crippen LogP contribution < -0.4 is 10.2 Å². The van der Waals surface area contributed by atoms with Crippen LogP contribution in [-0.2, 0) is 6.54 Å². The molecule has 2 amide bonds. The smallest absolute Gasteiger partial charge is 0.321 e. The summed E-state index contributed by atoms with van der Waals surface area (Å²) in [6.45, 7) is 2.67. The Kier molecular flexibility index (Phi) is 4.99. The molecule has 0 atom stereocenters. The Labute approximate surface area is 141 Å². The molecule has 0 aliphatic carbocycles. The number of carbonyl (C=O) groups is 1. The van der Waals surface area contributed by atoms with Crippen LogP contribution in [0.15, 0.2) is 48.5 Å². The van der Waals surface area contributed by atoms with Crippen molar-refractivity contribution in [2.24, 2.45) is 0 Å². The molecule has 4 nitrogen and oxygen atoms in total. The van der Waals surface area contributed by atoms with Gasteiger partial charge in [0.15, 0.2) is 0 Å². The van der Waals surface area contributed by atoms with Crippen molar-refractivity contribution in [2.75, 3.05) is 30.4 Å². The van der Waals surface area contributed by atoms with E-state index >= 15 is 0 Å². The fourth-order valence-electron chi connectivity index (χ4n) is 2.99. The van der Waals surface area contributed by atoms with Gasteiger partial charge in [-0.1, -0.05) is 18.2 Å². The molecule has 24 heavy (non-hydrogen) atoms. The second-order valence-electron chi connectivity index (χ2n) is 6.12. The summed E-state index contributed by atoms with van der Waals surface area (Å²) in [7, 11) is 1.76. The first kappa shape index (κ1) is 16.3. The van der Waals surface area contributed by atoms with Crippen molar-refractivity contribution in [1.82, 2.24) is 4.90 Å². The highest BCUT2D eigenvalue weighted by molar-refractivity contribution is 5.89. The van der Waals surface area contributed by atoms with Crippen LogP contribution in [0.1, 0.15) is 18.4 Å². The molecule has 0 spiro atoms. The number of amides is 2. The number of halogens is 1. The molecule has 0 aromatic heterocycles. The van der Waals surface area contributed by atoms with Crippen LogP contribution >= 0.6 is 0 Å². The third-order valence-electron chi connectivity index (χ3n) is 4.29. The van der Waals surface area contributed by atoms with E-state index < -0.39 is 0 Å². The van der Waals surface area contributed by atoms with Gasteiger partial charge in [0.2, 0.25) is 0 Å². The van der Waals surface area contributed by atoms with Crippen molar-refractivity contribution in [1.29, 1.82) is 0 Å². The lowest BCUT2D eigenvalue weighted by Crippen LogP contribution is -2.31. The minimum atomic E-state index is -0.319. The highest BCUT2D eigenvalue weighted by Gasteiger charge is 2.17. The van der Waals surface area contributed by atoms with Crippen molar-refractivity contribution >= 4 is 17.4 Å². The number of hydrogen-bond acceptors (Lipinski definition) is 2. The van der Waals surface area contributed by atoms with Crippen LogP contribution in [0, 0.1) is 5.82 Å². The van der Waals surface area contributed by atoms with Gasteiger partial charge < -0.3 is 15.1 Å². The summed E-state index contributed by atoms with van der Waals surface area (Å²) in [6.07, 6.45) is 2.43. The molecule has 2 aromatic rings. The predicted molar refractivity (Wildman–Crippen MR) is 94.8 cm³/mol. The van der Waals surface area contributed by atoms with Crippen molar-refractivity contribution in [2.45, 2.75) is 19.4 Å². The van der Waals surface area contributed by atoms with Gasteiger partial charge >= 0.3 is 6.03 Å². The molecule has 0 unspecified atom stereocenters. The van der Waals surface area contributed by atoms with E-state index in [4.69, 9.17) is 0 Å². The standard InChI is InChI=1S/C19H22FN3O/c1-22(19(24)21-17-10-8-16(20)9-11-17)14-15-6-2-3-7-18(15)23-12-4-5-13-23/h2-3,6-11H,4-5,12-14H2,1H3,(H,21,24). The van der Waals surface area contributed by atoms with Gasteiger partial charge in [-0.25, -0.2) is 9.18 Å². The number of anilines is 2. The van der Waals surface area contributed by atoms with E-state index in [-0.39, 0.29) is 11.8 Å². The highest BCUT2D eigenvalue weighted by atomic mass is 19.1. The highest BCUT2D eigenvalue weighted by Crippen LogP contribution is 2.25. The normalized spacial score (nSPS) is 13.8. The molecule has 1 fully saturated rings. The Bertz CT molecular complexity index is 696. The van der Waals surface area contributed by atoms with Gasteiger partial charge in [0, 0.05) is 38.1 Å². The van der Waals surface area contributed by atoms with Crippen molar-refractivity contribution in [3.63, 3.8) is 0 Å². The topological polar surface area (TPSA) is 35.6 Å². The molecule has 0 radical (unpaired) electrons. The minimum absolute atomic E-state index is 0.210. The summed E-state index contributed by atoms with van der Waals surface area (Å²) < 4.78 is 12.9. The molecular formula is C19H22FN3O. The van der Waals surface area contributed by atoms with E-state index in [1.54, 1.807) is 24.1 Å². The van der Waals surface area contributed by atoms with Crippen LogP contribution in [0.3, 0.4) is 0 Å². The monoisotopic (exact) mass is 327 g/mol. The minimum Gasteiger partial charge on any atom is -0.371 e. The summed E-state index contributed by atoms with van der Waals surface area (Å²) >= 11 is 0. The van der Waals surface area contributed by atoms with Crippen LogP contribution in [0.5, 0.6) is 0 Å². The summed E-state index contributed by atoms with van der Waals surface area (Å²) in [6, 6.07) is 13.8. The zero-order valence-electron chi connectivity index (χ0n) is 13.8. The fourth-order valence-corrected chi connectivity index (χ4v) is 2.99. The second-order valence-corrected chi connectivity index (χ2v) is 6.12. The maximum Gasteiger partial charge on any atom is 0.321 e. The molecular weight excluding hydrogens is 305 g/mol. The lowest BCUT2D eigenvalue weighted by atomic mass is 10.1. The maximum atomic E-state index is 12.9. The average molecular weight is 327 g/mol. The number of carbonyl (C=O) groups excluding carboxylic acids is 1. The lowest BCUT2D eigenvalue weighted by molar-refractivity contribution is 0.220. The predicted octanol–water partition coefficient (Wildman–Crippen LogP) is 4.09. The Balaban J connectivity index is 1.66. The summed E-state index contributed by atoms with van der Waals surface area (Å²) in [5, 5.41) is 2.78. The van der Waals surface area contributed by atoms with E-state index in [0.29, 0.717) is 12.2 Å². The van der Waals surface area contributed by atoms with E-state index in [9.17, 15) is 9.18 Å². The molecule has 1 saturated heterocycles. The molecule has 3 rings (SSSR count). The van der Waals surface area contributed by atoms with Gasteiger partial charge in [0.25, 0.3) is 0 Å². The third-order valence-corrected chi connectivity index (χ3v) is 4.29. The van der Waals surface area contributed by atoms with Gasteiger partial charge in [-0.3, -0.25) is 0 Å². The van der Waals surface area contributed by atoms with Crippen molar-refractivity contribution in [3.05, 3.63) is 59.9 Å². The number of nitrogens with zero attached hydrogens (tertiary/aromatic N) is 2. The Hall–Kier alpha value is -2.56. The Morgan fingerprint density at radius 2 is 1.79 bits per heavy atom. The zero-order valence-corrected chi connectivity index (χ0v) is 13.8. The molecule has 126 valence electrons. The fraction of sp³-hybridized carbons (Fsp3) is 0.316. The first-order chi connectivity index (χ1) is 11.6. The molecule has 0 bridgehead atoms. The van der Waals surface area contributed by atoms with E-state index in [2.05, 4.69) is 22.3 Å². The Morgan fingerprint density at radius 3 is 2.50 bits per heavy atom. The third kappa shape index (κ3) is 3.85. The number of rotatable bonds is 4. The quantitative estimate of drug-likeness (QED) is 0.918. The van der Waals surface area contributed by atoms with Gasteiger partial charge in [0.05, 0.1) is 0 Å². The summed E-state index contributed by atoms with van der Waals surface area (Å²) in [5.41, 5.74) is 2.92. The lowest BCUT2D eigenvalue weighted by Gasteiger charge is -2.24.